The molecule has 1 saturated carbocycles. The summed E-state index contributed by atoms with van der Waals surface area (Å²) in [5, 5.41) is 12.9. The Labute approximate surface area is 92.3 Å². The van der Waals surface area contributed by atoms with Gasteiger partial charge in [-0.25, -0.2) is 0 Å². The molecule has 4 nitrogen and oxygen atoms in total. The molecule has 0 bridgehead atoms. The predicted molar refractivity (Wildman–Crippen MR) is 56.8 cm³/mol. The molecule has 0 amide bonds. The van der Waals surface area contributed by atoms with E-state index in [0.29, 0.717) is 5.15 Å². The van der Waals surface area contributed by atoms with Crippen LogP contribution in [0.2, 0.25) is 5.15 Å². The molecule has 0 saturated heterocycles. The average molecular weight is 223 g/mol. The minimum atomic E-state index is 0.481. The van der Waals surface area contributed by atoms with Crippen molar-refractivity contribution >= 4 is 17.2 Å². The molecule has 1 aliphatic carbocycles. The molecule has 0 atom stereocenters. The fourth-order valence-electron chi connectivity index (χ4n) is 1.71. The molecule has 2 aromatic heterocycles. The maximum atomic E-state index is 5.84. The number of aromatic nitrogens is 4. The van der Waals surface area contributed by atoms with Crippen molar-refractivity contribution in [3.8, 4) is 0 Å². The van der Waals surface area contributed by atoms with Crippen LogP contribution in [0.5, 0.6) is 0 Å². The van der Waals surface area contributed by atoms with Crippen LogP contribution in [0.4, 0.5) is 0 Å². The molecule has 0 unspecified atom stereocenters. The fraction of sp³-hybridized carbons (Fsp3) is 0.500. The standard InChI is InChI=1S/C10H11ClN4/c11-8-4-6-10-13-12-9(15(10)14-8)5-3-7-1-2-7/h4,6-7H,1-3,5H2. The summed E-state index contributed by atoms with van der Waals surface area (Å²) in [5.41, 5.74) is 0.769. The normalized spacial score (nSPS) is 16.1. The zero-order valence-corrected chi connectivity index (χ0v) is 8.98. The number of fused-ring (bicyclic) bond motifs is 1. The Balaban J connectivity index is 1.91. The fourth-order valence-corrected chi connectivity index (χ4v) is 1.85. The minimum absolute atomic E-state index is 0.481. The second-order valence-electron chi connectivity index (χ2n) is 4.02. The van der Waals surface area contributed by atoms with Gasteiger partial charge in [-0.2, -0.15) is 9.61 Å². The molecule has 1 aliphatic rings. The first-order valence-corrected chi connectivity index (χ1v) is 5.57. The van der Waals surface area contributed by atoms with E-state index < -0.39 is 0 Å². The maximum Gasteiger partial charge on any atom is 0.178 e. The van der Waals surface area contributed by atoms with Crippen molar-refractivity contribution < 1.29 is 0 Å². The lowest BCUT2D eigenvalue weighted by Crippen LogP contribution is -1.99. The minimum Gasteiger partial charge on any atom is -0.196 e. The van der Waals surface area contributed by atoms with Crippen LogP contribution in [0, 0.1) is 5.92 Å². The topological polar surface area (TPSA) is 43.1 Å². The Hall–Kier alpha value is -1.16. The van der Waals surface area contributed by atoms with Crippen LogP contribution in [-0.2, 0) is 6.42 Å². The van der Waals surface area contributed by atoms with Gasteiger partial charge in [-0.15, -0.1) is 10.2 Å². The number of nitrogens with zero attached hydrogens (tertiary/aromatic N) is 4. The largest absolute Gasteiger partial charge is 0.196 e. The van der Waals surface area contributed by atoms with E-state index in [1.165, 1.54) is 19.3 Å². The zero-order valence-electron chi connectivity index (χ0n) is 8.23. The molecule has 2 aromatic rings. The number of halogens is 1. The van der Waals surface area contributed by atoms with Crippen molar-refractivity contribution in [3.63, 3.8) is 0 Å². The van der Waals surface area contributed by atoms with Gasteiger partial charge in [0.15, 0.2) is 11.5 Å². The summed E-state index contributed by atoms with van der Waals surface area (Å²) in [6.45, 7) is 0. The van der Waals surface area contributed by atoms with Crippen LogP contribution in [0.25, 0.3) is 5.65 Å². The summed E-state index contributed by atoms with van der Waals surface area (Å²) in [5.74, 6) is 1.82. The van der Waals surface area contributed by atoms with Crippen LogP contribution < -0.4 is 0 Å². The van der Waals surface area contributed by atoms with Gasteiger partial charge in [-0.1, -0.05) is 24.4 Å². The Bertz CT molecular complexity index is 489. The number of rotatable bonds is 3. The van der Waals surface area contributed by atoms with E-state index in [2.05, 4.69) is 15.3 Å². The second-order valence-corrected chi connectivity index (χ2v) is 4.41. The van der Waals surface area contributed by atoms with Crippen molar-refractivity contribution in [1.29, 1.82) is 0 Å². The second kappa shape index (κ2) is 3.45. The highest BCUT2D eigenvalue weighted by atomic mass is 35.5. The molecule has 78 valence electrons. The third kappa shape index (κ3) is 1.81. The first-order chi connectivity index (χ1) is 7.33. The maximum absolute atomic E-state index is 5.84. The predicted octanol–water partition coefficient (Wildman–Crippen LogP) is 2.12. The van der Waals surface area contributed by atoms with E-state index in [4.69, 9.17) is 11.6 Å². The molecule has 3 rings (SSSR count). The van der Waals surface area contributed by atoms with Gasteiger partial charge in [0.05, 0.1) is 0 Å². The van der Waals surface area contributed by atoms with E-state index in [9.17, 15) is 0 Å². The van der Waals surface area contributed by atoms with Crippen LogP contribution in [0.3, 0.4) is 0 Å². The summed E-state index contributed by atoms with van der Waals surface area (Å²) in [4.78, 5) is 0. The van der Waals surface area contributed by atoms with Crippen LogP contribution in [-0.4, -0.2) is 19.8 Å². The quantitative estimate of drug-likeness (QED) is 0.799. The van der Waals surface area contributed by atoms with Crippen molar-refractivity contribution in [1.82, 2.24) is 19.8 Å². The molecule has 0 aromatic carbocycles. The molecule has 0 radical (unpaired) electrons. The summed E-state index contributed by atoms with van der Waals surface area (Å²) < 4.78 is 1.74. The Morgan fingerprint density at radius 1 is 1.33 bits per heavy atom. The lowest BCUT2D eigenvalue weighted by Gasteiger charge is -1.97. The summed E-state index contributed by atoms with van der Waals surface area (Å²) >= 11 is 5.84. The van der Waals surface area contributed by atoms with Crippen LogP contribution >= 0.6 is 11.6 Å². The van der Waals surface area contributed by atoms with Gasteiger partial charge in [0.2, 0.25) is 0 Å². The monoisotopic (exact) mass is 222 g/mol. The van der Waals surface area contributed by atoms with Gasteiger partial charge in [0.25, 0.3) is 0 Å². The summed E-state index contributed by atoms with van der Waals surface area (Å²) in [6, 6.07) is 3.57. The van der Waals surface area contributed by atoms with Gasteiger partial charge in [0.1, 0.15) is 5.15 Å². The van der Waals surface area contributed by atoms with Crippen LogP contribution in [0.15, 0.2) is 12.1 Å². The first-order valence-electron chi connectivity index (χ1n) is 5.20. The lowest BCUT2D eigenvalue weighted by molar-refractivity contribution is 0.676. The highest BCUT2D eigenvalue weighted by molar-refractivity contribution is 6.29. The molecule has 0 spiro atoms. The highest BCUT2D eigenvalue weighted by Gasteiger charge is 2.21. The molecular weight excluding hydrogens is 212 g/mol. The van der Waals surface area contributed by atoms with Crippen molar-refractivity contribution in [2.75, 3.05) is 0 Å². The highest BCUT2D eigenvalue weighted by Crippen LogP contribution is 2.33. The Morgan fingerprint density at radius 3 is 3.00 bits per heavy atom. The molecule has 5 heteroatoms. The third-order valence-corrected chi connectivity index (χ3v) is 2.97. The molecule has 0 N–H and O–H groups in total. The van der Waals surface area contributed by atoms with Crippen molar-refractivity contribution in [2.45, 2.75) is 25.7 Å². The molecular formula is C10H11ClN4. The smallest absolute Gasteiger partial charge is 0.178 e. The van der Waals surface area contributed by atoms with Crippen LogP contribution in [0.1, 0.15) is 25.1 Å². The van der Waals surface area contributed by atoms with Gasteiger partial charge >= 0.3 is 0 Å². The molecule has 0 aliphatic heterocycles. The SMILES string of the molecule is Clc1ccc2nnc(CCC3CC3)n2n1. The number of aryl methyl sites for hydroxylation is 1. The molecule has 1 fully saturated rings. The van der Waals surface area contributed by atoms with Gasteiger partial charge in [-0.3, -0.25) is 0 Å². The van der Waals surface area contributed by atoms with Crippen molar-refractivity contribution in [3.05, 3.63) is 23.1 Å². The molecule has 2 heterocycles. The Kier molecular flexibility index (Phi) is 2.09. The Morgan fingerprint density at radius 2 is 2.20 bits per heavy atom. The van der Waals surface area contributed by atoms with E-state index >= 15 is 0 Å². The third-order valence-electron chi connectivity index (χ3n) is 2.77. The average Bonchev–Trinajstić information content (AvgIpc) is 2.97. The van der Waals surface area contributed by atoms with Gasteiger partial charge < -0.3 is 0 Å². The zero-order chi connectivity index (χ0) is 10.3. The van der Waals surface area contributed by atoms with E-state index in [1.807, 2.05) is 6.07 Å². The van der Waals surface area contributed by atoms with Gasteiger partial charge in [-0.05, 0) is 24.5 Å². The molecule has 15 heavy (non-hydrogen) atoms. The number of hydrogen-bond donors (Lipinski definition) is 0. The van der Waals surface area contributed by atoms with Gasteiger partial charge in [0, 0.05) is 6.42 Å². The van der Waals surface area contributed by atoms with E-state index in [-0.39, 0.29) is 0 Å². The van der Waals surface area contributed by atoms with E-state index in [1.54, 1.807) is 10.6 Å². The van der Waals surface area contributed by atoms with Crippen molar-refractivity contribution in [2.24, 2.45) is 5.92 Å². The number of hydrogen-bond acceptors (Lipinski definition) is 3. The summed E-state index contributed by atoms with van der Waals surface area (Å²) in [7, 11) is 0. The lowest BCUT2D eigenvalue weighted by atomic mass is 10.2. The van der Waals surface area contributed by atoms with E-state index in [0.717, 1.165) is 23.8 Å². The summed E-state index contributed by atoms with van der Waals surface area (Å²) in [6.07, 6.45) is 4.87. The first kappa shape index (κ1) is 9.09.